The van der Waals surface area contributed by atoms with Crippen molar-refractivity contribution >= 4 is 11.7 Å². The Kier molecular flexibility index (Phi) is 4.86. The Morgan fingerprint density at radius 2 is 1.83 bits per heavy atom. The minimum atomic E-state index is -0.365. The molecule has 0 aliphatic carbocycles. The van der Waals surface area contributed by atoms with Gasteiger partial charge in [0.2, 0.25) is 0 Å². The van der Waals surface area contributed by atoms with Crippen molar-refractivity contribution in [1.29, 1.82) is 0 Å². The van der Waals surface area contributed by atoms with Crippen molar-refractivity contribution in [2.75, 3.05) is 5.32 Å². The lowest BCUT2D eigenvalue weighted by atomic mass is 10.2. The van der Waals surface area contributed by atoms with Crippen molar-refractivity contribution in [2.24, 2.45) is 0 Å². The summed E-state index contributed by atoms with van der Waals surface area (Å²) in [5.41, 5.74) is 1.69. The van der Waals surface area contributed by atoms with Crippen LogP contribution in [-0.2, 0) is 13.1 Å². The van der Waals surface area contributed by atoms with E-state index in [9.17, 15) is 9.18 Å². The number of nitrogens with one attached hydrogen (secondary N) is 2. The molecule has 6 heteroatoms. The first-order chi connectivity index (χ1) is 11.7. The van der Waals surface area contributed by atoms with Crippen molar-refractivity contribution in [3.63, 3.8) is 0 Å². The van der Waals surface area contributed by atoms with E-state index in [2.05, 4.69) is 15.6 Å². The number of anilines is 1. The molecule has 24 heavy (non-hydrogen) atoms. The molecule has 2 N–H and O–H groups in total. The van der Waals surface area contributed by atoms with E-state index in [1.54, 1.807) is 6.20 Å². The lowest BCUT2D eigenvalue weighted by Crippen LogP contribution is -2.29. The first-order valence-corrected chi connectivity index (χ1v) is 7.55. The molecular formula is C18H17FN4O. The van der Waals surface area contributed by atoms with Gasteiger partial charge in [0.25, 0.3) is 0 Å². The van der Waals surface area contributed by atoms with Gasteiger partial charge in [-0.05, 0) is 29.8 Å². The van der Waals surface area contributed by atoms with E-state index in [1.165, 1.54) is 24.3 Å². The number of aromatic nitrogens is 2. The zero-order valence-electron chi connectivity index (χ0n) is 12.9. The van der Waals surface area contributed by atoms with Crippen LogP contribution in [0.1, 0.15) is 11.4 Å². The monoisotopic (exact) mass is 324 g/mol. The number of hydrogen-bond acceptors (Lipinski definition) is 2. The number of carbonyl (C=O) groups excluding carboxylic acids is 1. The number of nitrogens with zero attached hydrogens (tertiary/aromatic N) is 2. The van der Waals surface area contributed by atoms with Crippen LogP contribution in [0.3, 0.4) is 0 Å². The van der Waals surface area contributed by atoms with Crippen molar-refractivity contribution in [3.8, 4) is 0 Å². The number of carbonyl (C=O) groups is 1. The second-order valence-corrected chi connectivity index (χ2v) is 5.27. The van der Waals surface area contributed by atoms with Crippen molar-refractivity contribution in [2.45, 2.75) is 13.1 Å². The normalized spacial score (nSPS) is 10.4. The largest absolute Gasteiger partial charge is 0.331 e. The fourth-order valence-corrected chi connectivity index (χ4v) is 2.30. The van der Waals surface area contributed by atoms with Gasteiger partial charge < -0.3 is 15.2 Å². The quantitative estimate of drug-likeness (QED) is 0.756. The predicted octanol–water partition coefficient (Wildman–Crippen LogP) is 3.39. The number of hydrogen-bond donors (Lipinski definition) is 2. The number of amides is 2. The average Bonchev–Trinajstić information content (AvgIpc) is 3.03. The van der Waals surface area contributed by atoms with Gasteiger partial charge in [-0.15, -0.1) is 0 Å². The molecule has 1 heterocycles. The number of benzene rings is 2. The molecule has 2 aromatic carbocycles. The Balaban J connectivity index is 1.56. The second kappa shape index (κ2) is 7.41. The molecule has 0 bridgehead atoms. The number of urea groups is 1. The fourth-order valence-electron chi connectivity index (χ4n) is 2.30. The summed E-state index contributed by atoms with van der Waals surface area (Å²) in [5.74, 6) is 0.414. The maximum Gasteiger partial charge on any atom is 0.319 e. The van der Waals surface area contributed by atoms with Crippen LogP contribution in [0.4, 0.5) is 14.9 Å². The van der Waals surface area contributed by atoms with Crippen LogP contribution in [-0.4, -0.2) is 15.6 Å². The zero-order chi connectivity index (χ0) is 16.8. The molecule has 2 amide bonds. The van der Waals surface area contributed by atoms with Gasteiger partial charge in [0, 0.05) is 24.6 Å². The SMILES string of the molecule is O=C(NCc1nccn1Cc1ccccc1)Nc1ccc(F)cc1. The third-order valence-electron chi connectivity index (χ3n) is 3.51. The number of halogens is 1. The maximum atomic E-state index is 12.8. The van der Waals surface area contributed by atoms with Gasteiger partial charge >= 0.3 is 6.03 Å². The molecule has 3 aromatic rings. The van der Waals surface area contributed by atoms with E-state index in [0.29, 0.717) is 18.8 Å². The van der Waals surface area contributed by atoms with Crippen LogP contribution in [0.2, 0.25) is 0 Å². The lowest BCUT2D eigenvalue weighted by molar-refractivity contribution is 0.251. The molecule has 0 radical (unpaired) electrons. The molecule has 1 aromatic heterocycles. The Morgan fingerprint density at radius 3 is 2.58 bits per heavy atom. The van der Waals surface area contributed by atoms with E-state index in [1.807, 2.05) is 41.1 Å². The molecule has 0 atom stereocenters. The van der Waals surface area contributed by atoms with Crippen molar-refractivity contribution in [1.82, 2.24) is 14.9 Å². The summed E-state index contributed by atoms with van der Waals surface area (Å²) in [7, 11) is 0. The summed E-state index contributed by atoms with van der Waals surface area (Å²) in [5, 5.41) is 5.39. The Bertz CT molecular complexity index is 799. The molecule has 0 saturated carbocycles. The molecular weight excluding hydrogens is 307 g/mol. The van der Waals surface area contributed by atoms with Crippen molar-refractivity contribution < 1.29 is 9.18 Å². The third kappa shape index (κ3) is 4.19. The molecule has 0 saturated heterocycles. The summed E-state index contributed by atoms with van der Waals surface area (Å²) in [6, 6.07) is 15.3. The second-order valence-electron chi connectivity index (χ2n) is 5.27. The Hall–Kier alpha value is -3.15. The summed E-state index contributed by atoms with van der Waals surface area (Å²) in [6.07, 6.45) is 3.58. The van der Waals surface area contributed by atoms with Gasteiger partial charge in [0.05, 0.1) is 6.54 Å². The van der Waals surface area contributed by atoms with E-state index >= 15 is 0 Å². The highest BCUT2D eigenvalue weighted by Crippen LogP contribution is 2.08. The highest BCUT2D eigenvalue weighted by atomic mass is 19.1. The van der Waals surface area contributed by atoms with E-state index in [4.69, 9.17) is 0 Å². The topological polar surface area (TPSA) is 59.0 Å². The molecule has 0 aliphatic heterocycles. The van der Waals surface area contributed by atoms with E-state index in [0.717, 1.165) is 11.4 Å². The van der Waals surface area contributed by atoms with E-state index < -0.39 is 0 Å². The first-order valence-electron chi connectivity index (χ1n) is 7.55. The molecule has 0 aliphatic rings. The first kappa shape index (κ1) is 15.7. The van der Waals surface area contributed by atoms with Crippen LogP contribution in [0.15, 0.2) is 67.0 Å². The summed E-state index contributed by atoms with van der Waals surface area (Å²) in [4.78, 5) is 16.2. The van der Waals surface area contributed by atoms with E-state index in [-0.39, 0.29) is 11.8 Å². The van der Waals surface area contributed by atoms with Gasteiger partial charge in [-0.1, -0.05) is 30.3 Å². The minimum absolute atomic E-state index is 0.298. The molecule has 0 unspecified atom stereocenters. The van der Waals surface area contributed by atoms with Crippen LogP contribution in [0, 0.1) is 5.82 Å². The molecule has 0 spiro atoms. The summed E-state index contributed by atoms with van der Waals surface area (Å²) >= 11 is 0. The van der Waals surface area contributed by atoms with Gasteiger partial charge in [0.1, 0.15) is 11.6 Å². The number of imidazole rings is 1. The Morgan fingerprint density at radius 1 is 1.08 bits per heavy atom. The zero-order valence-corrected chi connectivity index (χ0v) is 12.9. The highest BCUT2D eigenvalue weighted by Gasteiger charge is 2.06. The molecule has 122 valence electrons. The van der Waals surface area contributed by atoms with Gasteiger partial charge in [-0.3, -0.25) is 0 Å². The highest BCUT2D eigenvalue weighted by molar-refractivity contribution is 5.89. The van der Waals surface area contributed by atoms with Crippen LogP contribution in [0.5, 0.6) is 0 Å². The molecule has 5 nitrogen and oxygen atoms in total. The van der Waals surface area contributed by atoms with Crippen LogP contribution >= 0.6 is 0 Å². The summed E-state index contributed by atoms with van der Waals surface area (Å²) < 4.78 is 14.8. The van der Waals surface area contributed by atoms with Crippen LogP contribution < -0.4 is 10.6 Å². The molecule has 3 rings (SSSR count). The Labute approximate surface area is 139 Å². The van der Waals surface area contributed by atoms with Gasteiger partial charge in [-0.25, -0.2) is 14.2 Å². The lowest BCUT2D eigenvalue weighted by Gasteiger charge is -2.10. The fraction of sp³-hybridized carbons (Fsp3) is 0.111. The minimum Gasteiger partial charge on any atom is -0.331 e. The summed E-state index contributed by atoms with van der Waals surface area (Å²) in [6.45, 7) is 0.990. The average molecular weight is 324 g/mol. The van der Waals surface area contributed by atoms with Crippen LogP contribution in [0.25, 0.3) is 0 Å². The predicted molar refractivity (Wildman–Crippen MR) is 90.0 cm³/mol. The third-order valence-corrected chi connectivity index (χ3v) is 3.51. The van der Waals surface area contributed by atoms with Gasteiger partial charge in [0.15, 0.2) is 0 Å². The van der Waals surface area contributed by atoms with Crippen molar-refractivity contribution in [3.05, 3.63) is 84.2 Å². The smallest absolute Gasteiger partial charge is 0.319 e. The number of rotatable bonds is 5. The maximum absolute atomic E-state index is 12.8. The van der Waals surface area contributed by atoms with Gasteiger partial charge in [-0.2, -0.15) is 0 Å². The standard InChI is InChI=1S/C18H17FN4O/c19-15-6-8-16(9-7-15)22-18(24)21-12-17-20-10-11-23(17)13-14-4-2-1-3-5-14/h1-11H,12-13H2,(H2,21,22,24). The molecule has 0 fully saturated rings.